The minimum atomic E-state index is -0.296. The van der Waals surface area contributed by atoms with Crippen molar-refractivity contribution in [3.63, 3.8) is 0 Å². The van der Waals surface area contributed by atoms with Gasteiger partial charge >= 0.3 is 0 Å². The lowest BCUT2D eigenvalue weighted by Crippen LogP contribution is -2.35. The Morgan fingerprint density at radius 3 is 2.36 bits per heavy atom. The largest absolute Gasteiger partial charge is 0.315 e. The molecule has 0 spiro atoms. The highest BCUT2D eigenvalue weighted by Crippen LogP contribution is 2.35. The van der Waals surface area contributed by atoms with Gasteiger partial charge in [-0.25, -0.2) is 0 Å². The molecule has 3 atom stereocenters. The van der Waals surface area contributed by atoms with Crippen molar-refractivity contribution in [2.45, 2.75) is 31.7 Å². The first-order valence-electron chi connectivity index (χ1n) is 5.67. The van der Waals surface area contributed by atoms with Gasteiger partial charge in [0, 0.05) is 19.6 Å². The molecule has 0 amide bonds. The third-order valence-corrected chi connectivity index (χ3v) is 3.67. The lowest BCUT2D eigenvalue weighted by Gasteiger charge is -2.23. The van der Waals surface area contributed by atoms with Crippen molar-refractivity contribution in [2.75, 3.05) is 19.6 Å². The molecule has 3 nitrogen and oxygen atoms in total. The topological polar surface area (TPSA) is 53.1 Å². The molecule has 3 heteroatoms. The average Bonchev–Trinajstić information content (AvgIpc) is 2.59. The van der Waals surface area contributed by atoms with Crippen LogP contribution in [0.25, 0.3) is 0 Å². The maximum Gasteiger partial charge on any atom is 0.106 e. The van der Waals surface area contributed by atoms with Gasteiger partial charge < -0.3 is 10.6 Å². The Hall–Kier alpha value is -0.590. The zero-order valence-electron chi connectivity index (χ0n) is 8.65. The van der Waals surface area contributed by atoms with E-state index in [-0.39, 0.29) is 6.04 Å². The molecule has 14 heavy (non-hydrogen) atoms. The highest BCUT2D eigenvalue weighted by atomic mass is 15.2. The smallest absolute Gasteiger partial charge is 0.106 e. The maximum absolute atomic E-state index is 8.65. The van der Waals surface area contributed by atoms with E-state index in [4.69, 9.17) is 11.0 Å². The Kier molecular flexibility index (Phi) is 3.05. The number of nitrogens with two attached hydrogens (primary N) is 1. The number of hydrogen-bond donors (Lipinski definition) is 1. The standard InChI is InChI=1S/C11H19N3/c12-5-11(13)8-14-6-9-3-1-2-4-10(9)7-14/h9-11H,1-4,6-8,13H2. The van der Waals surface area contributed by atoms with E-state index >= 15 is 0 Å². The number of nitrogens with zero attached hydrogens (tertiary/aromatic N) is 2. The molecule has 0 aromatic carbocycles. The van der Waals surface area contributed by atoms with Gasteiger partial charge in [0.25, 0.3) is 0 Å². The molecule has 2 N–H and O–H groups in total. The second kappa shape index (κ2) is 4.29. The van der Waals surface area contributed by atoms with Crippen LogP contribution in [-0.4, -0.2) is 30.6 Å². The highest BCUT2D eigenvalue weighted by Gasteiger charge is 2.34. The fraction of sp³-hybridized carbons (Fsp3) is 0.909. The second-order valence-corrected chi connectivity index (χ2v) is 4.76. The zero-order valence-corrected chi connectivity index (χ0v) is 8.65. The van der Waals surface area contributed by atoms with Crippen molar-refractivity contribution in [3.05, 3.63) is 0 Å². The number of fused-ring (bicyclic) bond motifs is 1. The summed E-state index contributed by atoms with van der Waals surface area (Å²) in [7, 11) is 0. The summed E-state index contributed by atoms with van der Waals surface area (Å²) in [6.45, 7) is 3.13. The first-order chi connectivity index (χ1) is 6.79. The van der Waals surface area contributed by atoms with Crippen LogP contribution in [-0.2, 0) is 0 Å². The van der Waals surface area contributed by atoms with Crippen LogP contribution in [0.3, 0.4) is 0 Å². The summed E-state index contributed by atoms with van der Waals surface area (Å²) in [4.78, 5) is 2.38. The van der Waals surface area contributed by atoms with Crippen molar-refractivity contribution in [3.8, 4) is 6.07 Å². The Bertz CT molecular complexity index is 219. The summed E-state index contributed by atoms with van der Waals surface area (Å²) in [6, 6.07) is 1.81. The van der Waals surface area contributed by atoms with Gasteiger partial charge in [-0.1, -0.05) is 12.8 Å². The van der Waals surface area contributed by atoms with E-state index in [0.29, 0.717) is 0 Å². The van der Waals surface area contributed by atoms with Crippen LogP contribution < -0.4 is 5.73 Å². The zero-order chi connectivity index (χ0) is 9.97. The number of hydrogen-bond acceptors (Lipinski definition) is 3. The molecule has 0 radical (unpaired) electrons. The van der Waals surface area contributed by atoms with Crippen molar-refractivity contribution < 1.29 is 0 Å². The van der Waals surface area contributed by atoms with Gasteiger partial charge in [-0.2, -0.15) is 5.26 Å². The Morgan fingerprint density at radius 2 is 1.86 bits per heavy atom. The summed E-state index contributed by atoms with van der Waals surface area (Å²) >= 11 is 0. The van der Waals surface area contributed by atoms with Crippen LogP contribution >= 0.6 is 0 Å². The molecular weight excluding hydrogens is 174 g/mol. The summed E-state index contributed by atoms with van der Waals surface area (Å²) in [5.41, 5.74) is 5.64. The van der Waals surface area contributed by atoms with Gasteiger partial charge in [0.05, 0.1) is 6.07 Å². The van der Waals surface area contributed by atoms with Gasteiger partial charge in [-0.3, -0.25) is 0 Å². The molecule has 2 rings (SSSR count). The second-order valence-electron chi connectivity index (χ2n) is 4.76. The fourth-order valence-electron chi connectivity index (χ4n) is 2.97. The number of nitriles is 1. The molecule has 78 valence electrons. The third-order valence-electron chi connectivity index (χ3n) is 3.67. The normalized spacial score (nSPS) is 34.9. The van der Waals surface area contributed by atoms with Crippen molar-refractivity contribution >= 4 is 0 Å². The Balaban J connectivity index is 1.84. The minimum absolute atomic E-state index is 0.296. The predicted octanol–water partition coefficient (Wildman–Crippen LogP) is 0.959. The lowest BCUT2D eigenvalue weighted by molar-refractivity contribution is 0.299. The van der Waals surface area contributed by atoms with Crippen LogP contribution in [0, 0.1) is 23.2 Å². The molecule has 1 aliphatic heterocycles. The Morgan fingerprint density at radius 1 is 1.29 bits per heavy atom. The molecule has 3 unspecified atom stereocenters. The molecule has 1 aliphatic carbocycles. The van der Waals surface area contributed by atoms with E-state index in [9.17, 15) is 0 Å². The average molecular weight is 193 g/mol. The fourth-order valence-corrected chi connectivity index (χ4v) is 2.97. The summed E-state index contributed by atoms with van der Waals surface area (Å²) < 4.78 is 0. The molecule has 2 fully saturated rings. The maximum atomic E-state index is 8.65. The van der Waals surface area contributed by atoms with Gasteiger partial charge in [-0.15, -0.1) is 0 Å². The molecule has 1 saturated carbocycles. The van der Waals surface area contributed by atoms with Gasteiger partial charge in [0.15, 0.2) is 0 Å². The molecule has 1 saturated heterocycles. The summed E-state index contributed by atoms with van der Waals surface area (Å²) in [5.74, 6) is 1.80. The molecule has 2 aliphatic rings. The van der Waals surface area contributed by atoms with Crippen LogP contribution in [0.15, 0.2) is 0 Å². The summed E-state index contributed by atoms with van der Waals surface area (Å²) in [6.07, 6.45) is 5.59. The molecular formula is C11H19N3. The minimum Gasteiger partial charge on any atom is -0.315 e. The van der Waals surface area contributed by atoms with Crippen LogP contribution in [0.4, 0.5) is 0 Å². The predicted molar refractivity (Wildman–Crippen MR) is 55.5 cm³/mol. The third kappa shape index (κ3) is 2.08. The van der Waals surface area contributed by atoms with Crippen molar-refractivity contribution in [1.82, 2.24) is 4.90 Å². The molecule has 0 aromatic rings. The first-order valence-corrected chi connectivity index (χ1v) is 5.67. The van der Waals surface area contributed by atoms with Crippen molar-refractivity contribution in [2.24, 2.45) is 17.6 Å². The SMILES string of the molecule is N#CC(N)CN1CC2CCCCC2C1. The van der Waals surface area contributed by atoms with E-state index in [1.165, 1.54) is 38.8 Å². The lowest BCUT2D eigenvalue weighted by atomic mass is 9.82. The number of rotatable bonds is 2. The summed E-state index contributed by atoms with van der Waals surface area (Å²) in [5, 5.41) is 8.65. The van der Waals surface area contributed by atoms with E-state index in [0.717, 1.165) is 18.4 Å². The highest BCUT2D eigenvalue weighted by molar-refractivity contribution is 4.93. The van der Waals surface area contributed by atoms with Crippen LogP contribution in [0.5, 0.6) is 0 Å². The first kappa shape index (κ1) is 9.95. The van der Waals surface area contributed by atoms with E-state index in [2.05, 4.69) is 11.0 Å². The Labute approximate surface area is 85.9 Å². The molecule has 1 heterocycles. The van der Waals surface area contributed by atoms with Gasteiger partial charge in [0.1, 0.15) is 6.04 Å². The van der Waals surface area contributed by atoms with Crippen LogP contribution in [0.1, 0.15) is 25.7 Å². The van der Waals surface area contributed by atoms with Crippen LogP contribution in [0.2, 0.25) is 0 Å². The van der Waals surface area contributed by atoms with E-state index in [1.807, 2.05) is 0 Å². The molecule has 0 aromatic heterocycles. The molecule has 0 bridgehead atoms. The van der Waals surface area contributed by atoms with E-state index < -0.39 is 0 Å². The van der Waals surface area contributed by atoms with E-state index in [1.54, 1.807) is 0 Å². The van der Waals surface area contributed by atoms with Gasteiger partial charge in [0.2, 0.25) is 0 Å². The number of likely N-dealkylation sites (tertiary alicyclic amines) is 1. The van der Waals surface area contributed by atoms with Gasteiger partial charge in [-0.05, 0) is 24.7 Å². The quantitative estimate of drug-likeness (QED) is 0.710. The van der Waals surface area contributed by atoms with Crippen molar-refractivity contribution in [1.29, 1.82) is 5.26 Å². The monoisotopic (exact) mass is 193 g/mol.